The average Bonchev–Trinajstić information content (AvgIpc) is 2.94. The summed E-state index contributed by atoms with van der Waals surface area (Å²) >= 11 is 7.48. The zero-order chi connectivity index (χ0) is 17.8. The van der Waals surface area contributed by atoms with Gasteiger partial charge < -0.3 is 4.57 Å². The lowest BCUT2D eigenvalue weighted by atomic mass is 10.2. The summed E-state index contributed by atoms with van der Waals surface area (Å²) in [6.07, 6.45) is 0. The van der Waals surface area contributed by atoms with Gasteiger partial charge in [-0.25, -0.2) is 4.98 Å². The normalized spacial score (nSPS) is 10.6. The van der Waals surface area contributed by atoms with Crippen molar-refractivity contribution in [3.05, 3.63) is 65.7 Å². The summed E-state index contributed by atoms with van der Waals surface area (Å²) in [6.45, 7) is 3.89. The number of carbonyl (C=O) groups is 1. The summed E-state index contributed by atoms with van der Waals surface area (Å²) in [5, 5.41) is 1.37. The van der Waals surface area contributed by atoms with Crippen molar-refractivity contribution in [3.63, 3.8) is 0 Å². The molecule has 5 nitrogen and oxygen atoms in total. The van der Waals surface area contributed by atoms with Crippen LogP contribution in [-0.4, -0.2) is 21.2 Å². The molecule has 0 spiro atoms. The smallest absolute Gasteiger partial charge is 0.248 e. The molecule has 0 aliphatic rings. The molecule has 25 heavy (non-hydrogen) atoms. The van der Waals surface area contributed by atoms with Gasteiger partial charge in [0.05, 0.1) is 22.5 Å². The van der Waals surface area contributed by atoms with Crippen molar-refractivity contribution in [2.24, 2.45) is 7.05 Å². The Kier molecular flexibility index (Phi) is 5.31. The topological polar surface area (TPSA) is 58.9 Å². The fourth-order valence-electron chi connectivity index (χ4n) is 2.34. The fraction of sp³-hybridized carbons (Fsp3) is 0.111. The van der Waals surface area contributed by atoms with E-state index in [4.69, 9.17) is 11.6 Å². The van der Waals surface area contributed by atoms with E-state index < -0.39 is 0 Å². The lowest BCUT2D eigenvalue weighted by Crippen LogP contribution is -2.37. The number of para-hydroxylation sites is 2. The number of benzene rings is 2. The second-order valence-electron chi connectivity index (χ2n) is 5.36. The molecule has 3 aromatic rings. The number of hydrogen-bond donors (Lipinski definition) is 2. The van der Waals surface area contributed by atoms with Crippen LogP contribution in [0, 0.1) is 0 Å². The molecule has 1 amide bonds. The van der Waals surface area contributed by atoms with E-state index in [0.29, 0.717) is 10.7 Å². The predicted octanol–water partition coefficient (Wildman–Crippen LogP) is 3.61. The number of hydrazine groups is 1. The van der Waals surface area contributed by atoms with E-state index in [2.05, 4.69) is 22.4 Å². The Morgan fingerprint density at radius 3 is 2.68 bits per heavy atom. The van der Waals surface area contributed by atoms with Crippen molar-refractivity contribution in [1.29, 1.82) is 0 Å². The highest BCUT2D eigenvalue weighted by atomic mass is 35.5. The highest BCUT2D eigenvalue weighted by Gasteiger charge is 2.11. The van der Waals surface area contributed by atoms with E-state index in [-0.39, 0.29) is 11.7 Å². The van der Waals surface area contributed by atoms with Gasteiger partial charge in [-0.3, -0.25) is 15.6 Å². The van der Waals surface area contributed by atoms with E-state index in [1.807, 2.05) is 54.1 Å². The highest BCUT2D eigenvalue weighted by molar-refractivity contribution is 7.99. The van der Waals surface area contributed by atoms with Crippen LogP contribution < -0.4 is 10.9 Å². The molecule has 0 unspecified atom stereocenters. The predicted molar refractivity (Wildman–Crippen MR) is 103 cm³/mol. The van der Waals surface area contributed by atoms with Gasteiger partial charge in [0.1, 0.15) is 0 Å². The maximum Gasteiger partial charge on any atom is 0.248 e. The molecule has 0 aliphatic heterocycles. The zero-order valence-corrected chi connectivity index (χ0v) is 15.2. The Morgan fingerprint density at radius 1 is 1.20 bits per heavy atom. The number of imidazole rings is 1. The molecule has 0 aliphatic carbocycles. The molecule has 0 radical (unpaired) electrons. The lowest BCUT2D eigenvalue weighted by molar-refractivity contribution is -0.119. The molecule has 0 bridgehead atoms. The molecule has 2 aromatic carbocycles. The summed E-state index contributed by atoms with van der Waals surface area (Å²) < 4.78 is 1.98. The van der Waals surface area contributed by atoms with Crippen LogP contribution in [0.25, 0.3) is 16.7 Å². The maximum atomic E-state index is 12.1. The van der Waals surface area contributed by atoms with Crippen LogP contribution in [0.15, 0.2) is 60.3 Å². The first kappa shape index (κ1) is 17.4. The number of nitrogens with zero attached hydrogens (tertiary/aromatic N) is 2. The first-order valence-corrected chi connectivity index (χ1v) is 8.95. The van der Waals surface area contributed by atoms with Crippen molar-refractivity contribution in [2.45, 2.75) is 5.16 Å². The van der Waals surface area contributed by atoms with Crippen LogP contribution in [0.3, 0.4) is 0 Å². The fourth-order valence-corrected chi connectivity index (χ4v) is 3.37. The molecule has 1 heterocycles. The third-order valence-electron chi connectivity index (χ3n) is 3.63. The molecular formula is C18H17ClN4OS. The Morgan fingerprint density at radius 2 is 1.92 bits per heavy atom. The van der Waals surface area contributed by atoms with Crippen LogP contribution in [-0.2, 0) is 11.8 Å². The molecule has 128 valence electrons. The lowest BCUT2D eigenvalue weighted by Gasteiger charge is -2.12. The van der Waals surface area contributed by atoms with E-state index in [0.717, 1.165) is 21.8 Å². The second kappa shape index (κ2) is 7.63. The Bertz CT molecular complexity index is 938. The average molecular weight is 373 g/mol. The van der Waals surface area contributed by atoms with E-state index >= 15 is 0 Å². The summed E-state index contributed by atoms with van der Waals surface area (Å²) in [6, 6.07) is 15.2. The SMILES string of the molecule is C=C(NNC(=O)CSc1nc2ccccc2n1C)c1ccccc1Cl. The van der Waals surface area contributed by atoms with Crippen molar-refractivity contribution in [2.75, 3.05) is 5.75 Å². The maximum absolute atomic E-state index is 12.1. The standard InChI is InChI=1S/C18H17ClN4OS/c1-12(13-7-3-4-8-14(13)19)21-22-17(24)11-25-18-20-15-9-5-6-10-16(15)23(18)2/h3-10,21H,1,11H2,2H3,(H,22,24). The van der Waals surface area contributed by atoms with Crippen LogP contribution in [0.1, 0.15) is 5.56 Å². The Balaban J connectivity index is 1.55. The number of rotatable bonds is 6. The minimum Gasteiger partial charge on any atom is -0.322 e. The molecule has 0 saturated heterocycles. The third-order valence-corrected chi connectivity index (χ3v) is 4.99. The first-order chi connectivity index (χ1) is 12.1. The largest absolute Gasteiger partial charge is 0.322 e. The van der Waals surface area contributed by atoms with Gasteiger partial charge in [-0.05, 0) is 18.2 Å². The van der Waals surface area contributed by atoms with Gasteiger partial charge >= 0.3 is 0 Å². The molecule has 3 rings (SSSR count). The quantitative estimate of drug-likeness (QED) is 0.512. The van der Waals surface area contributed by atoms with Crippen molar-refractivity contribution >= 4 is 46.0 Å². The summed E-state index contributed by atoms with van der Waals surface area (Å²) in [4.78, 5) is 16.6. The van der Waals surface area contributed by atoms with Gasteiger partial charge in [-0.2, -0.15) is 0 Å². The number of halogens is 1. The number of aromatic nitrogens is 2. The van der Waals surface area contributed by atoms with Gasteiger partial charge in [0, 0.05) is 17.6 Å². The first-order valence-electron chi connectivity index (χ1n) is 7.59. The molecule has 0 atom stereocenters. The van der Waals surface area contributed by atoms with Gasteiger partial charge in [-0.1, -0.05) is 60.3 Å². The summed E-state index contributed by atoms with van der Waals surface area (Å²) in [5.41, 5.74) is 8.65. The monoisotopic (exact) mass is 372 g/mol. The van der Waals surface area contributed by atoms with Crippen molar-refractivity contribution in [3.8, 4) is 0 Å². The molecule has 2 N–H and O–H groups in total. The van der Waals surface area contributed by atoms with Crippen molar-refractivity contribution in [1.82, 2.24) is 20.4 Å². The minimum absolute atomic E-state index is 0.176. The minimum atomic E-state index is -0.176. The van der Waals surface area contributed by atoms with Gasteiger partial charge in [0.25, 0.3) is 0 Å². The number of aryl methyl sites for hydroxylation is 1. The highest BCUT2D eigenvalue weighted by Crippen LogP contribution is 2.22. The van der Waals surface area contributed by atoms with E-state index in [1.54, 1.807) is 6.07 Å². The second-order valence-corrected chi connectivity index (χ2v) is 6.71. The molecule has 1 aromatic heterocycles. The number of nitrogens with one attached hydrogen (secondary N) is 2. The number of carbonyl (C=O) groups excluding carboxylic acids is 1. The summed E-state index contributed by atoms with van der Waals surface area (Å²) in [7, 11) is 1.94. The van der Waals surface area contributed by atoms with Gasteiger partial charge in [0.2, 0.25) is 5.91 Å². The molecule has 0 fully saturated rings. The Hall–Kier alpha value is -2.44. The van der Waals surface area contributed by atoms with E-state index in [1.165, 1.54) is 11.8 Å². The van der Waals surface area contributed by atoms with Gasteiger partial charge in [0.15, 0.2) is 5.16 Å². The Labute approximate surface area is 155 Å². The molecule has 0 saturated carbocycles. The van der Waals surface area contributed by atoms with Crippen LogP contribution in [0.4, 0.5) is 0 Å². The summed E-state index contributed by atoms with van der Waals surface area (Å²) in [5.74, 6) is 0.0604. The van der Waals surface area contributed by atoms with E-state index in [9.17, 15) is 4.79 Å². The number of thioether (sulfide) groups is 1. The van der Waals surface area contributed by atoms with Crippen LogP contribution >= 0.6 is 23.4 Å². The van der Waals surface area contributed by atoms with Crippen LogP contribution in [0.2, 0.25) is 5.02 Å². The number of hydrogen-bond acceptors (Lipinski definition) is 4. The third kappa shape index (κ3) is 3.97. The number of fused-ring (bicyclic) bond motifs is 1. The zero-order valence-electron chi connectivity index (χ0n) is 13.6. The van der Waals surface area contributed by atoms with Gasteiger partial charge in [-0.15, -0.1) is 0 Å². The number of amides is 1. The van der Waals surface area contributed by atoms with Crippen LogP contribution in [0.5, 0.6) is 0 Å². The molecule has 7 heteroatoms. The van der Waals surface area contributed by atoms with Crippen molar-refractivity contribution < 1.29 is 4.79 Å². The molecular weight excluding hydrogens is 356 g/mol.